The Hall–Kier alpha value is -1.64. The predicted molar refractivity (Wildman–Crippen MR) is 106 cm³/mol. The van der Waals surface area contributed by atoms with Gasteiger partial charge in [0.15, 0.2) is 6.54 Å². The molecule has 1 amide bonds. The number of amides is 1. The van der Waals surface area contributed by atoms with Gasteiger partial charge in [0.2, 0.25) is 10.0 Å². The molecule has 0 bridgehead atoms. The summed E-state index contributed by atoms with van der Waals surface area (Å²) in [5, 5.41) is 2.86. The summed E-state index contributed by atoms with van der Waals surface area (Å²) in [6.45, 7) is 9.08. The molecule has 8 heteroatoms. The summed E-state index contributed by atoms with van der Waals surface area (Å²) in [4.78, 5) is 13.9. The highest BCUT2D eigenvalue weighted by molar-refractivity contribution is 7.89. The highest BCUT2D eigenvalue weighted by Crippen LogP contribution is 2.29. The largest absolute Gasteiger partial charge is 0.492 e. The average Bonchev–Trinajstić information content (AvgIpc) is 2.64. The summed E-state index contributed by atoms with van der Waals surface area (Å²) >= 11 is 0. The molecule has 0 saturated carbocycles. The fraction of sp³-hybridized carbons (Fsp3) is 0.632. The van der Waals surface area contributed by atoms with E-state index < -0.39 is 10.0 Å². The van der Waals surface area contributed by atoms with Gasteiger partial charge in [0, 0.05) is 13.1 Å². The van der Waals surface area contributed by atoms with E-state index in [0.717, 1.165) is 25.9 Å². The van der Waals surface area contributed by atoms with Gasteiger partial charge in [0.25, 0.3) is 5.91 Å². The van der Waals surface area contributed by atoms with Gasteiger partial charge in [-0.2, -0.15) is 4.31 Å². The minimum absolute atomic E-state index is 0.120. The van der Waals surface area contributed by atoms with Gasteiger partial charge in [0.05, 0.1) is 30.3 Å². The first-order valence-corrected chi connectivity index (χ1v) is 11.3. The summed E-state index contributed by atoms with van der Waals surface area (Å²) in [6, 6.07) is 4.65. The highest BCUT2D eigenvalue weighted by Gasteiger charge is 2.24. The van der Waals surface area contributed by atoms with E-state index in [1.165, 1.54) is 27.8 Å². The van der Waals surface area contributed by atoms with Crippen LogP contribution in [-0.2, 0) is 14.8 Å². The van der Waals surface area contributed by atoms with E-state index in [0.29, 0.717) is 37.7 Å². The molecule has 0 aromatic heterocycles. The maximum atomic E-state index is 12.8. The van der Waals surface area contributed by atoms with Crippen LogP contribution in [0.2, 0.25) is 0 Å². The Morgan fingerprint density at radius 2 is 1.81 bits per heavy atom. The number of piperidine rings is 1. The Morgan fingerprint density at radius 3 is 2.41 bits per heavy atom. The molecular formula is C19H32N3O4S+. The van der Waals surface area contributed by atoms with E-state index in [2.05, 4.69) is 5.32 Å². The number of hydrogen-bond acceptors (Lipinski definition) is 4. The molecule has 0 radical (unpaired) electrons. The smallest absolute Gasteiger partial charge is 0.279 e. The zero-order valence-corrected chi connectivity index (χ0v) is 17.4. The number of ether oxygens (including phenoxy) is 1. The van der Waals surface area contributed by atoms with Crippen molar-refractivity contribution >= 4 is 21.6 Å². The van der Waals surface area contributed by atoms with E-state index in [1.54, 1.807) is 19.9 Å². The lowest BCUT2D eigenvalue weighted by molar-refractivity contribution is -0.896. The molecule has 1 aromatic carbocycles. The number of carbonyl (C=O) groups excluding carboxylic acids is 1. The highest BCUT2D eigenvalue weighted by atomic mass is 32.2. The molecular weight excluding hydrogens is 366 g/mol. The lowest BCUT2D eigenvalue weighted by Crippen LogP contribution is -3.13. The van der Waals surface area contributed by atoms with Crippen LogP contribution in [0, 0.1) is 0 Å². The topological polar surface area (TPSA) is 80.2 Å². The zero-order chi connectivity index (χ0) is 19.9. The third kappa shape index (κ3) is 5.67. The van der Waals surface area contributed by atoms with Gasteiger partial charge >= 0.3 is 0 Å². The van der Waals surface area contributed by atoms with Gasteiger partial charge in [-0.1, -0.05) is 13.8 Å². The van der Waals surface area contributed by atoms with Crippen molar-refractivity contribution in [1.29, 1.82) is 0 Å². The van der Waals surface area contributed by atoms with Crippen molar-refractivity contribution in [2.24, 2.45) is 0 Å². The molecule has 27 heavy (non-hydrogen) atoms. The Labute approximate surface area is 162 Å². The van der Waals surface area contributed by atoms with Crippen LogP contribution in [0.15, 0.2) is 23.1 Å². The maximum Gasteiger partial charge on any atom is 0.279 e. The molecule has 0 unspecified atom stereocenters. The molecule has 1 saturated heterocycles. The SMILES string of the molecule is CCOc1ccc(S(=O)(=O)N(CC)CC)cc1NC(=O)C[NH+]1CCCCC1. The van der Waals surface area contributed by atoms with Crippen molar-refractivity contribution in [2.45, 2.75) is 44.9 Å². The van der Waals surface area contributed by atoms with Crippen LogP contribution in [-0.4, -0.2) is 58.0 Å². The lowest BCUT2D eigenvalue weighted by Gasteiger charge is -2.23. The van der Waals surface area contributed by atoms with Crippen molar-refractivity contribution in [2.75, 3.05) is 44.6 Å². The fourth-order valence-corrected chi connectivity index (χ4v) is 4.90. The molecule has 1 aromatic rings. The Morgan fingerprint density at radius 1 is 1.15 bits per heavy atom. The third-order valence-electron chi connectivity index (χ3n) is 4.84. The molecule has 1 aliphatic rings. The van der Waals surface area contributed by atoms with Crippen molar-refractivity contribution in [1.82, 2.24) is 4.31 Å². The average molecular weight is 399 g/mol. The van der Waals surface area contributed by atoms with Gasteiger partial charge in [-0.15, -0.1) is 0 Å². The van der Waals surface area contributed by atoms with Crippen LogP contribution in [0.1, 0.15) is 40.0 Å². The number of carbonyl (C=O) groups is 1. The normalized spacial score (nSPS) is 15.7. The van der Waals surface area contributed by atoms with Crippen molar-refractivity contribution in [3.8, 4) is 5.75 Å². The van der Waals surface area contributed by atoms with Crippen LogP contribution in [0.5, 0.6) is 5.75 Å². The lowest BCUT2D eigenvalue weighted by atomic mass is 10.1. The first kappa shape index (κ1) is 21.7. The second-order valence-electron chi connectivity index (χ2n) is 6.72. The van der Waals surface area contributed by atoms with Gasteiger partial charge in [-0.25, -0.2) is 8.42 Å². The van der Waals surface area contributed by atoms with E-state index in [9.17, 15) is 13.2 Å². The number of benzene rings is 1. The molecule has 1 fully saturated rings. The van der Waals surface area contributed by atoms with Gasteiger partial charge in [-0.3, -0.25) is 4.79 Å². The van der Waals surface area contributed by atoms with E-state index in [-0.39, 0.29) is 10.8 Å². The summed E-state index contributed by atoms with van der Waals surface area (Å²) in [5.41, 5.74) is 0.409. The summed E-state index contributed by atoms with van der Waals surface area (Å²) in [6.07, 6.45) is 3.51. The maximum absolute atomic E-state index is 12.8. The molecule has 0 aliphatic carbocycles. The van der Waals surface area contributed by atoms with Gasteiger partial charge < -0.3 is 15.0 Å². The molecule has 1 heterocycles. The monoisotopic (exact) mass is 398 g/mol. The predicted octanol–water partition coefficient (Wildman–Crippen LogP) is 1.12. The molecule has 1 aliphatic heterocycles. The molecule has 2 N–H and O–H groups in total. The number of anilines is 1. The third-order valence-corrected chi connectivity index (χ3v) is 6.89. The van der Waals surface area contributed by atoms with E-state index >= 15 is 0 Å². The zero-order valence-electron chi connectivity index (χ0n) is 16.6. The molecule has 2 rings (SSSR count). The Balaban J connectivity index is 2.23. The second kappa shape index (κ2) is 10.1. The van der Waals surface area contributed by atoms with Crippen molar-refractivity contribution in [3.05, 3.63) is 18.2 Å². The quantitative estimate of drug-likeness (QED) is 0.653. The molecule has 7 nitrogen and oxygen atoms in total. The number of nitrogens with one attached hydrogen (secondary N) is 2. The number of rotatable bonds is 9. The number of sulfonamides is 1. The van der Waals surface area contributed by atoms with E-state index in [4.69, 9.17) is 4.74 Å². The first-order valence-electron chi connectivity index (χ1n) is 9.82. The van der Waals surface area contributed by atoms with Gasteiger partial charge in [0.1, 0.15) is 5.75 Å². The van der Waals surface area contributed by atoms with Crippen molar-refractivity contribution in [3.63, 3.8) is 0 Å². The summed E-state index contributed by atoms with van der Waals surface area (Å²) in [7, 11) is -3.60. The van der Waals surface area contributed by atoms with Gasteiger partial charge in [-0.05, 0) is 44.4 Å². The number of likely N-dealkylation sites (tertiary alicyclic amines) is 1. The standard InChI is InChI=1S/C19H31N3O4S/c1-4-22(5-2)27(24,25)16-10-11-18(26-6-3)17(14-16)20-19(23)15-21-12-8-7-9-13-21/h10-11,14H,4-9,12-13,15H2,1-3H3,(H,20,23)/p+1. The number of hydrogen-bond donors (Lipinski definition) is 2. The van der Waals surface area contributed by atoms with E-state index in [1.807, 2.05) is 6.92 Å². The molecule has 0 atom stereocenters. The summed E-state index contributed by atoms with van der Waals surface area (Å²) < 4.78 is 32.5. The minimum atomic E-state index is -3.60. The molecule has 152 valence electrons. The fourth-order valence-electron chi connectivity index (χ4n) is 3.41. The number of nitrogens with zero attached hydrogens (tertiary/aromatic N) is 1. The van der Waals surface area contributed by atoms with Crippen molar-refractivity contribution < 1.29 is 22.8 Å². The first-order chi connectivity index (χ1) is 12.9. The summed E-state index contributed by atoms with van der Waals surface area (Å²) in [5.74, 6) is 0.364. The second-order valence-corrected chi connectivity index (χ2v) is 8.65. The van der Waals surface area contributed by atoms with Crippen LogP contribution in [0.25, 0.3) is 0 Å². The molecule has 0 spiro atoms. The van der Waals surface area contributed by atoms with Crippen LogP contribution in [0.4, 0.5) is 5.69 Å². The van der Waals surface area contributed by atoms with Crippen LogP contribution >= 0.6 is 0 Å². The minimum Gasteiger partial charge on any atom is -0.492 e. The van der Waals surface area contributed by atoms with Crippen LogP contribution < -0.4 is 15.0 Å². The number of quaternary nitrogens is 1. The Kier molecular flexibility index (Phi) is 8.07. The Bertz CT molecular complexity index is 726. The van der Waals surface area contributed by atoms with Crippen LogP contribution in [0.3, 0.4) is 0 Å².